The van der Waals surface area contributed by atoms with E-state index in [4.69, 9.17) is 19.4 Å². The molecule has 0 radical (unpaired) electrons. The van der Waals surface area contributed by atoms with Gasteiger partial charge in [-0.15, -0.1) is 0 Å². The van der Waals surface area contributed by atoms with E-state index in [9.17, 15) is 5.11 Å². The summed E-state index contributed by atoms with van der Waals surface area (Å²) in [6.45, 7) is 10.4. The minimum absolute atomic E-state index is 0.0535. The van der Waals surface area contributed by atoms with Crippen LogP contribution >= 0.6 is 0 Å². The van der Waals surface area contributed by atoms with Gasteiger partial charge in [0.25, 0.3) is 0 Å². The van der Waals surface area contributed by atoms with Crippen molar-refractivity contribution >= 4 is 45.1 Å². The van der Waals surface area contributed by atoms with E-state index in [1.165, 1.54) is 12.7 Å². The van der Waals surface area contributed by atoms with E-state index < -0.39 is 0 Å². The van der Waals surface area contributed by atoms with Crippen LogP contribution in [0.25, 0.3) is 22.1 Å². The molecule has 8 aromatic rings. The number of hydrogen-bond acceptors (Lipinski definition) is 11. The monoisotopic (exact) mass is 778 g/mol. The second-order valence-electron chi connectivity index (χ2n) is 14.7. The van der Waals surface area contributed by atoms with Crippen molar-refractivity contribution in [2.24, 2.45) is 0 Å². The van der Waals surface area contributed by atoms with Crippen LogP contribution in [-0.4, -0.2) is 35.0 Å². The van der Waals surface area contributed by atoms with Crippen molar-refractivity contribution in [2.75, 3.05) is 10.6 Å². The number of fused-ring (bicyclic) bond motifs is 2. The molecule has 0 bridgehead atoms. The zero-order chi connectivity index (χ0) is 40.9. The summed E-state index contributed by atoms with van der Waals surface area (Å²) >= 11 is 0. The van der Waals surface area contributed by atoms with Crippen molar-refractivity contribution in [3.8, 4) is 34.8 Å². The van der Waals surface area contributed by atoms with Crippen molar-refractivity contribution in [3.05, 3.63) is 155 Å². The number of aromatic nitrogens is 6. The topological polar surface area (TPSA) is 140 Å². The summed E-state index contributed by atoms with van der Waals surface area (Å²) in [5, 5.41) is 18.1. The maximum Gasteiger partial charge on any atom is 0.164 e. The second kappa shape index (κ2) is 17.0. The second-order valence-corrected chi connectivity index (χ2v) is 14.7. The van der Waals surface area contributed by atoms with Crippen LogP contribution in [0, 0.1) is 18.8 Å². The highest BCUT2D eigenvalue weighted by molar-refractivity contribution is 5.90. The van der Waals surface area contributed by atoms with Gasteiger partial charge >= 0.3 is 0 Å². The molecule has 0 unspecified atom stereocenters. The van der Waals surface area contributed by atoms with Gasteiger partial charge in [0.1, 0.15) is 35.8 Å². The lowest BCUT2D eigenvalue weighted by Gasteiger charge is -2.15. The summed E-state index contributed by atoms with van der Waals surface area (Å²) < 4.78 is 12.8. The summed E-state index contributed by atoms with van der Waals surface area (Å²) in [5.74, 6) is 10.9. The number of nitrogens with one attached hydrogen (secondary N) is 2. The first-order chi connectivity index (χ1) is 28.7. The molecule has 11 heteroatoms. The number of aliphatic hydroxyl groups excluding tert-OH is 1. The van der Waals surface area contributed by atoms with Gasteiger partial charge < -0.3 is 25.2 Å². The van der Waals surface area contributed by atoms with Gasteiger partial charge in [-0.1, -0.05) is 69.4 Å². The van der Waals surface area contributed by atoms with E-state index in [2.05, 4.69) is 70.1 Å². The zero-order valence-corrected chi connectivity index (χ0v) is 33.4. The lowest BCUT2D eigenvalue weighted by atomic mass is 10.1. The number of aliphatic hydroxyl groups is 1. The van der Waals surface area contributed by atoms with Crippen LogP contribution in [0.4, 0.5) is 23.0 Å². The number of ether oxygens (including phenoxy) is 2. The van der Waals surface area contributed by atoms with Gasteiger partial charge in [-0.2, -0.15) is 0 Å². The van der Waals surface area contributed by atoms with Gasteiger partial charge in [0.2, 0.25) is 0 Å². The van der Waals surface area contributed by atoms with Crippen LogP contribution in [0.3, 0.4) is 0 Å². The van der Waals surface area contributed by atoms with E-state index in [0.29, 0.717) is 57.3 Å². The Bertz CT molecular complexity index is 2850. The lowest BCUT2D eigenvalue weighted by molar-refractivity contribution is 0.281. The van der Waals surface area contributed by atoms with Crippen molar-refractivity contribution in [3.63, 3.8) is 0 Å². The fourth-order valence-corrected chi connectivity index (χ4v) is 6.27. The molecule has 0 saturated carbocycles. The fraction of sp³-hybridized carbons (Fsp3) is 0.167. The van der Waals surface area contributed by atoms with Crippen LogP contribution in [0.15, 0.2) is 122 Å². The van der Waals surface area contributed by atoms with Gasteiger partial charge in [0, 0.05) is 22.5 Å². The molecule has 3 N–H and O–H groups in total. The average molecular weight is 779 g/mol. The Morgan fingerprint density at radius 2 is 1.02 bits per heavy atom. The molecule has 4 aromatic carbocycles. The Labute approximate surface area is 342 Å². The Kier molecular flexibility index (Phi) is 11.1. The van der Waals surface area contributed by atoms with E-state index in [-0.39, 0.29) is 18.4 Å². The van der Waals surface area contributed by atoms with Crippen LogP contribution in [0.5, 0.6) is 23.0 Å². The van der Waals surface area contributed by atoms with Crippen LogP contribution in [0.1, 0.15) is 73.2 Å². The Hall–Kier alpha value is -7.42. The molecule has 0 fully saturated rings. The number of aryl methyl sites for hydroxylation is 1. The standard InChI is InChI=1S/C48H42N8O3/c1-29(2)39-20-18-37-45(53-39)49-27-51-47(37)55-41-24-32(12-22-43(41)58-35-14-6-31(5)7-15-35)8-9-33-13-23-44(59-36-16-10-34(26-57)11-17-36)42(25-33)56-48-38-19-21-40(30(3)4)54-46(38)50-28-52-48/h6-7,10-25,27-30,57H,26H2,1-5H3,(H,49,51,53,55)(H,50,52,54,56). The minimum Gasteiger partial charge on any atom is -0.455 e. The third kappa shape index (κ3) is 8.94. The van der Waals surface area contributed by atoms with Gasteiger partial charge in [-0.3, -0.25) is 0 Å². The van der Waals surface area contributed by atoms with Crippen LogP contribution in [0.2, 0.25) is 0 Å². The summed E-state index contributed by atoms with van der Waals surface area (Å²) in [7, 11) is 0. The van der Waals surface area contributed by atoms with Gasteiger partial charge in [-0.05, 0) is 109 Å². The summed E-state index contributed by atoms with van der Waals surface area (Å²) in [5.41, 5.74) is 7.84. The Morgan fingerprint density at radius 1 is 0.559 bits per heavy atom. The molecule has 0 spiro atoms. The molecule has 0 saturated heterocycles. The third-order valence-electron chi connectivity index (χ3n) is 9.62. The molecule has 0 aliphatic rings. The van der Waals surface area contributed by atoms with Gasteiger partial charge in [-0.25, -0.2) is 29.9 Å². The molecule has 59 heavy (non-hydrogen) atoms. The predicted molar refractivity (Wildman–Crippen MR) is 232 cm³/mol. The normalized spacial score (nSPS) is 11.1. The highest BCUT2D eigenvalue weighted by Crippen LogP contribution is 2.36. The first kappa shape index (κ1) is 38.5. The quantitative estimate of drug-likeness (QED) is 0.108. The average Bonchev–Trinajstić information content (AvgIpc) is 3.25. The molecule has 0 aliphatic heterocycles. The molecule has 4 aromatic heterocycles. The number of anilines is 4. The molecular formula is C48H42N8O3. The molecule has 292 valence electrons. The first-order valence-corrected chi connectivity index (χ1v) is 19.4. The molecular weight excluding hydrogens is 737 g/mol. The van der Waals surface area contributed by atoms with Gasteiger partial charge in [0.05, 0.1) is 28.8 Å². The van der Waals surface area contributed by atoms with Gasteiger partial charge in [0.15, 0.2) is 22.8 Å². The number of pyridine rings is 2. The molecule has 0 amide bonds. The Morgan fingerprint density at radius 3 is 1.46 bits per heavy atom. The Balaban J connectivity index is 1.15. The SMILES string of the molecule is Cc1ccc(Oc2ccc(C#Cc3ccc(Oc4ccc(CO)cc4)c(Nc4ncnc5nc(C(C)C)ccc45)c3)cc2Nc2ncnc3nc(C(C)C)ccc23)cc1. The summed E-state index contributed by atoms with van der Waals surface area (Å²) in [6, 6.07) is 34.6. The molecule has 0 atom stereocenters. The van der Waals surface area contributed by atoms with Crippen molar-refractivity contribution in [2.45, 2.75) is 53.1 Å². The highest BCUT2D eigenvalue weighted by atomic mass is 16.5. The highest BCUT2D eigenvalue weighted by Gasteiger charge is 2.15. The first-order valence-electron chi connectivity index (χ1n) is 19.4. The molecule has 4 heterocycles. The third-order valence-corrected chi connectivity index (χ3v) is 9.62. The number of benzene rings is 4. The summed E-state index contributed by atoms with van der Waals surface area (Å²) in [4.78, 5) is 27.6. The largest absolute Gasteiger partial charge is 0.455 e. The molecule has 11 nitrogen and oxygen atoms in total. The van der Waals surface area contributed by atoms with E-state index in [0.717, 1.165) is 44.4 Å². The van der Waals surface area contributed by atoms with Crippen molar-refractivity contribution in [1.82, 2.24) is 29.9 Å². The fourth-order valence-electron chi connectivity index (χ4n) is 6.27. The molecule has 0 aliphatic carbocycles. The van der Waals surface area contributed by atoms with Crippen LogP contribution in [-0.2, 0) is 6.61 Å². The number of rotatable bonds is 11. The zero-order valence-electron chi connectivity index (χ0n) is 33.4. The summed E-state index contributed by atoms with van der Waals surface area (Å²) in [6.07, 6.45) is 3.01. The van der Waals surface area contributed by atoms with Crippen molar-refractivity contribution < 1.29 is 14.6 Å². The minimum atomic E-state index is -0.0535. The number of nitrogens with zero attached hydrogens (tertiary/aromatic N) is 6. The lowest BCUT2D eigenvalue weighted by Crippen LogP contribution is -2.01. The van der Waals surface area contributed by atoms with E-state index in [1.807, 2.05) is 116 Å². The number of hydrogen-bond donors (Lipinski definition) is 3. The van der Waals surface area contributed by atoms with Crippen molar-refractivity contribution in [1.29, 1.82) is 0 Å². The predicted octanol–water partition coefficient (Wildman–Crippen LogP) is 10.9. The van der Waals surface area contributed by atoms with E-state index in [1.54, 1.807) is 0 Å². The molecule has 8 rings (SSSR count). The smallest absolute Gasteiger partial charge is 0.164 e. The van der Waals surface area contributed by atoms with Crippen LogP contribution < -0.4 is 20.1 Å². The maximum absolute atomic E-state index is 9.55. The maximum atomic E-state index is 9.55. The van der Waals surface area contributed by atoms with E-state index >= 15 is 0 Å².